The van der Waals surface area contributed by atoms with Gasteiger partial charge in [-0.2, -0.15) is 13.2 Å². The Morgan fingerprint density at radius 2 is 1.79 bits per heavy atom. The van der Waals surface area contributed by atoms with Crippen molar-refractivity contribution < 1.29 is 13.2 Å². The second kappa shape index (κ2) is 5.04. The fourth-order valence-corrected chi connectivity index (χ4v) is 1.72. The molecule has 0 aromatic carbocycles. The van der Waals surface area contributed by atoms with Crippen LogP contribution in [0.15, 0.2) is 29.7 Å². The van der Waals surface area contributed by atoms with Crippen LogP contribution in [-0.2, 0) is 6.18 Å². The van der Waals surface area contributed by atoms with Gasteiger partial charge in [0.05, 0.1) is 11.4 Å². The molecule has 2 aromatic rings. The number of nitrogens with zero attached hydrogens (tertiary/aromatic N) is 3. The fraction of sp³-hybridized carbons (Fsp3) is 0.182. The molecule has 2 heterocycles. The lowest BCUT2D eigenvalue weighted by Gasteiger charge is -2.10. The van der Waals surface area contributed by atoms with Crippen LogP contribution in [0, 0.1) is 0 Å². The highest BCUT2D eigenvalue weighted by Gasteiger charge is 2.33. The molecule has 0 aliphatic heterocycles. The van der Waals surface area contributed by atoms with Gasteiger partial charge in [0.2, 0.25) is 0 Å². The molecule has 0 amide bonds. The van der Waals surface area contributed by atoms with Gasteiger partial charge in [-0.1, -0.05) is 11.8 Å². The molecule has 0 radical (unpaired) electrons. The minimum atomic E-state index is -4.51. The molecule has 0 aliphatic rings. The highest BCUT2D eigenvalue weighted by atomic mass is 32.2. The normalized spacial score (nSPS) is 11.6. The number of hydrogen-bond donors (Lipinski definition) is 1. The van der Waals surface area contributed by atoms with Gasteiger partial charge in [-0.25, -0.2) is 15.0 Å². The van der Waals surface area contributed by atoms with Crippen LogP contribution in [0.25, 0.3) is 11.3 Å². The number of anilines is 1. The first-order chi connectivity index (χ1) is 8.91. The van der Waals surface area contributed by atoms with E-state index in [1.807, 2.05) is 0 Å². The second-order valence-corrected chi connectivity index (χ2v) is 4.36. The molecule has 2 N–H and O–H groups in total. The van der Waals surface area contributed by atoms with Gasteiger partial charge in [-0.05, 0) is 18.4 Å². The molecule has 100 valence electrons. The first kappa shape index (κ1) is 13.6. The largest absolute Gasteiger partial charge is 0.433 e. The summed E-state index contributed by atoms with van der Waals surface area (Å²) in [6.07, 6.45) is 0.0871. The Morgan fingerprint density at radius 1 is 1.16 bits per heavy atom. The molecule has 19 heavy (non-hydrogen) atoms. The van der Waals surface area contributed by atoms with Crippen molar-refractivity contribution in [3.63, 3.8) is 0 Å². The van der Waals surface area contributed by atoms with Crippen molar-refractivity contribution in [3.05, 3.63) is 30.2 Å². The monoisotopic (exact) mass is 286 g/mol. The van der Waals surface area contributed by atoms with Gasteiger partial charge in [0.15, 0.2) is 5.16 Å². The summed E-state index contributed by atoms with van der Waals surface area (Å²) in [4.78, 5) is 11.5. The first-order valence-electron chi connectivity index (χ1n) is 5.12. The third-order valence-corrected chi connectivity index (χ3v) is 2.88. The van der Waals surface area contributed by atoms with Crippen LogP contribution in [0.4, 0.5) is 18.9 Å². The molecule has 0 atom stereocenters. The molecule has 2 rings (SSSR count). The molecule has 8 heteroatoms. The second-order valence-electron chi connectivity index (χ2n) is 3.59. The lowest BCUT2D eigenvalue weighted by atomic mass is 10.1. The number of aromatic nitrogens is 3. The van der Waals surface area contributed by atoms with Crippen molar-refractivity contribution in [2.75, 3.05) is 12.0 Å². The van der Waals surface area contributed by atoms with Crippen molar-refractivity contribution in [2.45, 2.75) is 11.3 Å². The number of rotatable bonds is 2. The van der Waals surface area contributed by atoms with Crippen molar-refractivity contribution >= 4 is 17.4 Å². The quantitative estimate of drug-likeness (QED) is 0.679. The molecule has 0 fully saturated rings. The van der Waals surface area contributed by atoms with Crippen molar-refractivity contribution in [1.29, 1.82) is 0 Å². The van der Waals surface area contributed by atoms with E-state index in [1.54, 1.807) is 6.26 Å². The summed E-state index contributed by atoms with van der Waals surface area (Å²) in [5.74, 6) is 0. The van der Waals surface area contributed by atoms with Gasteiger partial charge in [-0.3, -0.25) is 0 Å². The molecule has 0 saturated heterocycles. The average molecular weight is 286 g/mol. The van der Waals surface area contributed by atoms with Crippen LogP contribution in [0.5, 0.6) is 0 Å². The van der Waals surface area contributed by atoms with Gasteiger partial charge in [0.1, 0.15) is 5.69 Å². The summed E-state index contributed by atoms with van der Waals surface area (Å²) in [6.45, 7) is 0. The smallest absolute Gasteiger partial charge is 0.397 e. The summed E-state index contributed by atoms with van der Waals surface area (Å²) in [7, 11) is 0. The maximum atomic E-state index is 12.6. The Bertz CT molecular complexity index is 583. The number of hydrogen-bond acceptors (Lipinski definition) is 5. The summed E-state index contributed by atoms with van der Waals surface area (Å²) in [6, 6.07) is 2.02. The molecule has 0 aliphatic carbocycles. The number of halogens is 3. The molecule has 0 bridgehead atoms. The van der Waals surface area contributed by atoms with Gasteiger partial charge >= 0.3 is 6.18 Å². The summed E-state index contributed by atoms with van der Waals surface area (Å²) in [5, 5.41) is 0.522. The van der Waals surface area contributed by atoms with E-state index in [0.717, 1.165) is 6.07 Å². The third-order valence-electron chi connectivity index (χ3n) is 2.30. The molecule has 2 aromatic heterocycles. The SMILES string of the molecule is CSc1ncc(-c2nc(C(F)(F)F)ccc2N)cn1. The highest BCUT2D eigenvalue weighted by molar-refractivity contribution is 7.98. The van der Waals surface area contributed by atoms with Gasteiger partial charge in [0.25, 0.3) is 0 Å². The standard InChI is InChI=1S/C11H9F3N4S/c1-19-10-16-4-6(5-17-10)9-7(15)2-3-8(18-9)11(12,13)14/h2-5H,15H2,1H3. The number of nitrogen functional groups attached to an aromatic ring is 1. The van der Waals surface area contributed by atoms with Crippen LogP contribution in [0.2, 0.25) is 0 Å². The van der Waals surface area contributed by atoms with Gasteiger partial charge < -0.3 is 5.73 Å². The number of nitrogens with two attached hydrogens (primary N) is 1. The van der Waals surface area contributed by atoms with E-state index >= 15 is 0 Å². The molecule has 4 nitrogen and oxygen atoms in total. The van der Waals surface area contributed by atoms with Crippen LogP contribution >= 0.6 is 11.8 Å². The zero-order chi connectivity index (χ0) is 14.0. The van der Waals surface area contributed by atoms with Crippen LogP contribution in [-0.4, -0.2) is 21.2 Å². The van der Waals surface area contributed by atoms with E-state index in [2.05, 4.69) is 15.0 Å². The van der Waals surface area contributed by atoms with Crippen LogP contribution < -0.4 is 5.73 Å². The lowest BCUT2D eigenvalue weighted by molar-refractivity contribution is -0.141. The third kappa shape index (κ3) is 2.95. The fourth-order valence-electron chi connectivity index (χ4n) is 1.40. The maximum absolute atomic E-state index is 12.6. The van der Waals surface area contributed by atoms with Gasteiger partial charge in [0, 0.05) is 18.0 Å². The zero-order valence-corrected chi connectivity index (χ0v) is 10.6. The lowest BCUT2D eigenvalue weighted by Crippen LogP contribution is -2.09. The molecular formula is C11H9F3N4S. The van der Waals surface area contributed by atoms with Crippen molar-refractivity contribution in [1.82, 2.24) is 15.0 Å². The van der Waals surface area contributed by atoms with Crippen molar-refractivity contribution in [2.24, 2.45) is 0 Å². The molecule has 0 spiro atoms. The summed E-state index contributed by atoms with van der Waals surface area (Å²) < 4.78 is 37.8. The number of thioether (sulfide) groups is 1. The number of pyridine rings is 1. The van der Waals surface area contributed by atoms with E-state index < -0.39 is 11.9 Å². The molecule has 0 saturated carbocycles. The Labute approximate surface area is 111 Å². The zero-order valence-electron chi connectivity index (χ0n) is 9.77. The highest BCUT2D eigenvalue weighted by Crippen LogP contribution is 2.31. The minimum Gasteiger partial charge on any atom is -0.397 e. The van der Waals surface area contributed by atoms with E-state index in [0.29, 0.717) is 10.7 Å². The van der Waals surface area contributed by atoms with E-state index in [9.17, 15) is 13.2 Å². The predicted molar refractivity (Wildman–Crippen MR) is 66.5 cm³/mol. The van der Waals surface area contributed by atoms with E-state index in [4.69, 9.17) is 5.73 Å². The number of alkyl halides is 3. The van der Waals surface area contributed by atoms with E-state index in [1.165, 1.54) is 30.2 Å². The topological polar surface area (TPSA) is 64.7 Å². The Balaban J connectivity index is 2.48. The first-order valence-corrected chi connectivity index (χ1v) is 6.34. The van der Waals surface area contributed by atoms with Gasteiger partial charge in [-0.15, -0.1) is 0 Å². The predicted octanol–water partition coefficient (Wildman–Crippen LogP) is 2.86. The summed E-state index contributed by atoms with van der Waals surface area (Å²) in [5.41, 5.74) is 5.18. The Hall–Kier alpha value is -1.83. The summed E-state index contributed by atoms with van der Waals surface area (Å²) >= 11 is 1.33. The van der Waals surface area contributed by atoms with Crippen LogP contribution in [0.1, 0.15) is 5.69 Å². The molecular weight excluding hydrogens is 277 g/mol. The van der Waals surface area contributed by atoms with Crippen LogP contribution in [0.3, 0.4) is 0 Å². The Morgan fingerprint density at radius 3 is 2.32 bits per heavy atom. The van der Waals surface area contributed by atoms with Crippen molar-refractivity contribution in [3.8, 4) is 11.3 Å². The average Bonchev–Trinajstić information content (AvgIpc) is 2.38. The minimum absolute atomic E-state index is 0.0301. The van der Waals surface area contributed by atoms with E-state index in [-0.39, 0.29) is 11.4 Å². The molecule has 0 unspecified atom stereocenters. The Kier molecular flexibility index (Phi) is 3.61. The maximum Gasteiger partial charge on any atom is 0.433 e.